The molecular formula is C16H15BrCl2N2O2S. The average molecular weight is 450 g/mol. The van der Waals surface area contributed by atoms with E-state index in [0.29, 0.717) is 41.1 Å². The highest BCUT2D eigenvalue weighted by Gasteiger charge is 2.28. The molecule has 0 aliphatic carbocycles. The van der Waals surface area contributed by atoms with Gasteiger partial charge in [-0.15, -0.1) is 0 Å². The number of nitrogens with zero attached hydrogens (tertiary/aromatic N) is 2. The predicted molar refractivity (Wildman–Crippen MR) is 102 cm³/mol. The maximum Gasteiger partial charge on any atom is 0.243 e. The minimum absolute atomic E-state index is 0.310. The molecule has 2 aromatic rings. The van der Waals surface area contributed by atoms with Crippen LogP contribution in [-0.4, -0.2) is 38.9 Å². The van der Waals surface area contributed by atoms with Crippen molar-refractivity contribution in [3.63, 3.8) is 0 Å². The van der Waals surface area contributed by atoms with Crippen LogP contribution in [0.1, 0.15) is 0 Å². The van der Waals surface area contributed by atoms with Crippen molar-refractivity contribution in [3.8, 4) is 0 Å². The van der Waals surface area contributed by atoms with E-state index in [0.717, 1.165) is 10.2 Å². The molecule has 1 fully saturated rings. The highest BCUT2D eigenvalue weighted by Crippen LogP contribution is 2.27. The summed E-state index contributed by atoms with van der Waals surface area (Å²) in [6.07, 6.45) is 0. The summed E-state index contributed by atoms with van der Waals surface area (Å²) in [6, 6.07) is 12.1. The van der Waals surface area contributed by atoms with Gasteiger partial charge >= 0.3 is 0 Å². The minimum atomic E-state index is -3.47. The van der Waals surface area contributed by atoms with Crippen molar-refractivity contribution < 1.29 is 8.42 Å². The summed E-state index contributed by atoms with van der Waals surface area (Å²) in [7, 11) is -3.47. The van der Waals surface area contributed by atoms with Gasteiger partial charge in [0.05, 0.1) is 4.90 Å². The topological polar surface area (TPSA) is 40.6 Å². The van der Waals surface area contributed by atoms with E-state index in [1.807, 2.05) is 12.1 Å². The van der Waals surface area contributed by atoms with Gasteiger partial charge in [0.2, 0.25) is 10.0 Å². The molecule has 0 bridgehead atoms. The van der Waals surface area contributed by atoms with Crippen LogP contribution in [0.5, 0.6) is 0 Å². The number of rotatable bonds is 3. The third kappa shape index (κ3) is 3.89. The lowest BCUT2D eigenvalue weighted by molar-refractivity contribution is 0.385. The number of hydrogen-bond acceptors (Lipinski definition) is 3. The van der Waals surface area contributed by atoms with Crippen LogP contribution < -0.4 is 4.90 Å². The Morgan fingerprint density at radius 1 is 0.875 bits per heavy atom. The molecule has 1 aliphatic heterocycles. The van der Waals surface area contributed by atoms with E-state index in [-0.39, 0.29) is 0 Å². The lowest BCUT2D eigenvalue weighted by Crippen LogP contribution is -2.48. The summed E-state index contributed by atoms with van der Waals surface area (Å²) in [6.45, 7) is 2.02. The Labute approximate surface area is 160 Å². The summed E-state index contributed by atoms with van der Waals surface area (Å²) >= 11 is 15.4. The highest BCUT2D eigenvalue weighted by atomic mass is 79.9. The van der Waals surface area contributed by atoms with E-state index in [9.17, 15) is 8.42 Å². The van der Waals surface area contributed by atoms with Gasteiger partial charge in [0.25, 0.3) is 0 Å². The average Bonchev–Trinajstić information content (AvgIpc) is 2.54. The van der Waals surface area contributed by atoms with E-state index < -0.39 is 10.0 Å². The number of piperazine rings is 1. The fourth-order valence-electron chi connectivity index (χ4n) is 2.66. The first kappa shape index (κ1) is 18.0. The molecule has 128 valence electrons. The van der Waals surface area contributed by atoms with Gasteiger partial charge in [0.1, 0.15) is 0 Å². The summed E-state index contributed by atoms with van der Waals surface area (Å²) < 4.78 is 27.8. The molecule has 0 aromatic heterocycles. The number of halogens is 3. The fourth-order valence-corrected chi connectivity index (χ4v) is 4.87. The van der Waals surface area contributed by atoms with Gasteiger partial charge in [-0.1, -0.05) is 39.1 Å². The zero-order chi connectivity index (χ0) is 17.3. The maximum atomic E-state index is 12.7. The van der Waals surface area contributed by atoms with Gasteiger partial charge in [-0.25, -0.2) is 8.42 Å². The van der Waals surface area contributed by atoms with Crippen LogP contribution in [0.4, 0.5) is 5.69 Å². The third-order valence-corrected chi connectivity index (χ3v) is 6.78. The molecule has 1 heterocycles. The van der Waals surface area contributed by atoms with Crippen LogP contribution in [0.3, 0.4) is 0 Å². The molecule has 2 aromatic carbocycles. The van der Waals surface area contributed by atoms with Crippen molar-refractivity contribution in [2.24, 2.45) is 0 Å². The molecule has 1 saturated heterocycles. The molecule has 0 amide bonds. The quantitative estimate of drug-likeness (QED) is 0.702. The largest absolute Gasteiger partial charge is 0.369 e. The van der Waals surface area contributed by atoms with Crippen molar-refractivity contribution >= 4 is 54.8 Å². The van der Waals surface area contributed by atoms with Crippen molar-refractivity contribution in [2.75, 3.05) is 31.1 Å². The van der Waals surface area contributed by atoms with Gasteiger partial charge in [0.15, 0.2) is 0 Å². The summed E-state index contributed by atoms with van der Waals surface area (Å²) in [5, 5.41) is 1.14. The van der Waals surface area contributed by atoms with E-state index in [1.54, 1.807) is 30.3 Å². The second-order valence-electron chi connectivity index (χ2n) is 5.47. The number of hydrogen-bond donors (Lipinski definition) is 0. The second-order valence-corrected chi connectivity index (χ2v) is 9.20. The molecule has 0 atom stereocenters. The summed E-state index contributed by atoms with van der Waals surface area (Å²) in [5.41, 5.74) is 0.910. The van der Waals surface area contributed by atoms with Crippen molar-refractivity contribution in [3.05, 3.63) is 57.0 Å². The van der Waals surface area contributed by atoms with E-state index >= 15 is 0 Å². The first-order valence-corrected chi connectivity index (χ1v) is 10.3. The van der Waals surface area contributed by atoms with Gasteiger partial charge in [0, 0.05) is 46.4 Å². The van der Waals surface area contributed by atoms with Gasteiger partial charge in [-0.2, -0.15) is 4.31 Å². The van der Waals surface area contributed by atoms with Crippen molar-refractivity contribution in [1.82, 2.24) is 4.31 Å². The lowest BCUT2D eigenvalue weighted by atomic mass is 10.2. The first-order valence-electron chi connectivity index (χ1n) is 7.33. The lowest BCUT2D eigenvalue weighted by Gasteiger charge is -2.35. The van der Waals surface area contributed by atoms with Crippen molar-refractivity contribution in [1.29, 1.82) is 0 Å². The van der Waals surface area contributed by atoms with Crippen LogP contribution in [0.15, 0.2) is 51.8 Å². The van der Waals surface area contributed by atoms with Crippen LogP contribution in [0.2, 0.25) is 10.0 Å². The molecule has 0 saturated carbocycles. The Balaban J connectivity index is 1.73. The number of benzene rings is 2. The summed E-state index contributed by atoms with van der Waals surface area (Å²) in [4.78, 5) is 2.40. The molecule has 0 spiro atoms. The molecule has 24 heavy (non-hydrogen) atoms. The summed E-state index contributed by atoms with van der Waals surface area (Å²) in [5.74, 6) is 0. The van der Waals surface area contributed by atoms with Gasteiger partial charge in [-0.3, -0.25) is 0 Å². The SMILES string of the molecule is O=S(=O)(c1ccc(Br)cc1)N1CCN(c2cc(Cl)cc(Cl)c2)CC1. The predicted octanol–water partition coefficient (Wildman–Crippen LogP) is 4.27. The molecule has 0 unspecified atom stereocenters. The van der Waals surface area contributed by atoms with Crippen LogP contribution in [-0.2, 0) is 10.0 Å². The van der Waals surface area contributed by atoms with Gasteiger partial charge < -0.3 is 4.90 Å². The zero-order valence-electron chi connectivity index (χ0n) is 12.6. The molecule has 4 nitrogen and oxygen atoms in total. The molecule has 0 N–H and O–H groups in total. The Hall–Kier alpha value is -0.790. The molecule has 3 rings (SSSR count). The Kier molecular flexibility index (Phi) is 5.42. The van der Waals surface area contributed by atoms with E-state index in [2.05, 4.69) is 20.8 Å². The normalized spacial score (nSPS) is 16.4. The van der Waals surface area contributed by atoms with Crippen LogP contribution in [0, 0.1) is 0 Å². The van der Waals surface area contributed by atoms with Crippen molar-refractivity contribution in [2.45, 2.75) is 4.90 Å². The maximum absolute atomic E-state index is 12.7. The first-order chi connectivity index (χ1) is 11.4. The standard InChI is InChI=1S/C16H15BrCl2N2O2S/c17-12-1-3-16(4-2-12)24(22,23)21-7-5-20(6-8-21)15-10-13(18)9-14(19)11-15/h1-4,9-11H,5-8H2. The highest BCUT2D eigenvalue weighted by molar-refractivity contribution is 9.10. The Morgan fingerprint density at radius 3 is 1.96 bits per heavy atom. The minimum Gasteiger partial charge on any atom is -0.369 e. The van der Waals surface area contributed by atoms with Crippen LogP contribution in [0.25, 0.3) is 0 Å². The Morgan fingerprint density at radius 2 is 1.42 bits per heavy atom. The van der Waals surface area contributed by atoms with Gasteiger partial charge in [-0.05, 0) is 42.5 Å². The van der Waals surface area contributed by atoms with Crippen LogP contribution >= 0.6 is 39.1 Å². The smallest absolute Gasteiger partial charge is 0.243 e. The Bertz CT molecular complexity index is 815. The second kappa shape index (κ2) is 7.22. The number of anilines is 1. The fraction of sp³-hybridized carbons (Fsp3) is 0.250. The monoisotopic (exact) mass is 448 g/mol. The molecule has 8 heteroatoms. The van der Waals surface area contributed by atoms with E-state index in [4.69, 9.17) is 23.2 Å². The third-order valence-electron chi connectivity index (χ3n) is 3.90. The van der Waals surface area contributed by atoms with E-state index in [1.165, 1.54) is 4.31 Å². The zero-order valence-corrected chi connectivity index (χ0v) is 16.5. The molecular weight excluding hydrogens is 435 g/mol. The molecule has 0 radical (unpaired) electrons. The number of sulfonamides is 1. The molecule has 1 aliphatic rings.